The Morgan fingerprint density at radius 2 is 1.11 bits per heavy atom. The van der Waals surface area contributed by atoms with E-state index in [9.17, 15) is 0 Å². The third kappa shape index (κ3) is 3.88. The molecule has 47 heavy (non-hydrogen) atoms. The molecule has 1 nitrogen and oxygen atoms in total. The number of hydrogen-bond acceptors (Lipinski definition) is 1. The molecule has 0 saturated heterocycles. The maximum Gasteiger partial charge on any atom is 0.117 e. The molecule has 0 bridgehead atoms. The fourth-order valence-corrected chi connectivity index (χ4v) is 11.9. The van der Waals surface area contributed by atoms with Crippen molar-refractivity contribution in [3.8, 4) is 33.4 Å². The summed E-state index contributed by atoms with van der Waals surface area (Å²) in [5.74, 6) is 0. The van der Waals surface area contributed by atoms with Gasteiger partial charge in [0, 0.05) is 23.8 Å². The Balaban J connectivity index is 1.31. The summed E-state index contributed by atoms with van der Waals surface area (Å²) in [5.41, 5.74) is 14.7. The van der Waals surface area contributed by atoms with E-state index >= 15 is 0 Å². The topological polar surface area (TPSA) is 3.24 Å². The molecule has 1 aliphatic carbocycles. The molecular weight excluding hydrogens is 583 g/mol. The average molecular weight is 622 g/mol. The second-order valence-corrected chi connectivity index (χ2v) is 19.0. The molecule has 0 spiro atoms. The normalized spacial score (nSPS) is 15.3. The van der Waals surface area contributed by atoms with E-state index in [4.69, 9.17) is 0 Å². The third-order valence-corrected chi connectivity index (χ3v) is 14.9. The van der Waals surface area contributed by atoms with Crippen LogP contribution in [0.5, 0.6) is 0 Å². The van der Waals surface area contributed by atoms with Gasteiger partial charge in [-0.05, 0) is 102 Å². The van der Waals surface area contributed by atoms with Crippen LogP contribution >= 0.6 is 0 Å². The number of fused-ring (bicyclic) bond motifs is 7. The Kier molecular flexibility index (Phi) is 5.90. The Hall–Kier alpha value is -4.92. The molecule has 0 radical (unpaired) electrons. The van der Waals surface area contributed by atoms with Crippen molar-refractivity contribution in [2.75, 3.05) is 11.9 Å². The van der Waals surface area contributed by atoms with Gasteiger partial charge in [0.15, 0.2) is 0 Å². The smallest absolute Gasteiger partial charge is 0.117 e. The SMILES string of the molecule is Cc1ccc2c(-c3ccc4c(c3)C(C)(C)c3ccccc3-4)c3ccccc3c(-c3ccc4c(c3)N(C)c3ccccc3[Si]4(C)C)c2c1. The highest BCUT2D eigenvalue weighted by Gasteiger charge is 2.38. The zero-order valence-electron chi connectivity index (χ0n) is 28.1. The van der Waals surface area contributed by atoms with Crippen molar-refractivity contribution in [1.82, 2.24) is 0 Å². The maximum absolute atomic E-state index is 2.50. The summed E-state index contributed by atoms with van der Waals surface area (Å²) in [4.78, 5) is 2.42. The van der Waals surface area contributed by atoms with Gasteiger partial charge in [0.2, 0.25) is 0 Å². The molecule has 1 heterocycles. The number of para-hydroxylation sites is 1. The first-order valence-corrected chi connectivity index (χ1v) is 19.8. The molecule has 0 unspecified atom stereocenters. The molecule has 0 saturated carbocycles. The van der Waals surface area contributed by atoms with Gasteiger partial charge in [0.05, 0.1) is 0 Å². The van der Waals surface area contributed by atoms with Crippen LogP contribution in [0.1, 0.15) is 30.5 Å². The van der Waals surface area contributed by atoms with Crippen molar-refractivity contribution < 1.29 is 0 Å². The quantitative estimate of drug-likeness (QED) is 0.137. The fourth-order valence-electron chi connectivity index (χ4n) is 8.84. The zero-order valence-corrected chi connectivity index (χ0v) is 29.1. The highest BCUT2D eigenvalue weighted by atomic mass is 28.3. The minimum atomic E-state index is -1.85. The second kappa shape index (κ2) is 9.79. The van der Waals surface area contributed by atoms with Gasteiger partial charge in [-0.15, -0.1) is 0 Å². The van der Waals surface area contributed by atoms with Gasteiger partial charge in [0.25, 0.3) is 0 Å². The Bertz CT molecular complexity index is 2450. The van der Waals surface area contributed by atoms with Crippen LogP contribution in [0.25, 0.3) is 54.9 Å². The molecule has 0 amide bonds. The van der Waals surface area contributed by atoms with E-state index in [0.29, 0.717) is 0 Å². The van der Waals surface area contributed by atoms with Crippen molar-refractivity contribution in [1.29, 1.82) is 0 Å². The number of hydrogen-bond donors (Lipinski definition) is 0. The van der Waals surface area contributed by atoms with Gasteiger partial charge in [-0.1, -0.05) is 142 Å². The largest absolute Gasteiger partial charge is 0.345 e. The van der Waals surface area contributed by atoms with Crippen LogP contribution in [-0.4, -0.2) is 15.1 Å². The molecule has 0 fully saturated rings. The van der Waals surface area contributed by atoms with E-state index < -0.39 is 8.07 Å². The minimum absolute atomic E-state index is 0.0467. The summed E-state index contributed by atoms with van der Waals surface area (Å²) >= 11 is 0. The van der Waals surface area contributed by atoms with Crippen LogP contribution < -0.4 is 15.3 Å². The van der Waals surface area contributed by atoms with E-state index in [1.165, 1.54) is 93.4 Å². The van der Waals surface area contributed by atoms with E-state index in [0.717, 1.165) is 0 Å². The summed E-state index contributed by atoms with van der Waals surface area (Å²) in [6.07, 6.45) is 0. The van der Waals surface area contributed by atoms with Crippen molar-refractivity contribution in [3.63, 3.8) is 0 Å². The third-order valence-electron chi connectivity index (χ3n) is 11.3. The first-order valence-electron chi connectivity index (χ1n) is 16.8. The zero-order chi connectivity index (χ0) is 32.2. The number of rotatable bonds is 2. The Labute approximate surface area is 279 Å². The summed E-state index contributed by atoms with van der Waals surface area (Å²) in [6.45, 7) is 12.0. The molecule has 9 rings (SSSR count). The lowest BCUT2D eigenvalue weighted by Gasteiger charge is -2.39. The lowest BCUT2D eigenvalue weighted by atomic mass is 9.80. The molecule has 1 aliphatic heterocycles. The molecule has 0 N–H and O–H groups in total. The lowest BCUT2D eigenvalue weighted by molar-refractivity contribution is 0.660. The lowest BCUT2D eigenvalue weighted by Crippen LogP contribution is -2.58. The Morgan fingerprint density at radius 1 is 0.511 bits per heavy atom. The van der Waals surface area contributed by atoms with Gasteiger partial charge in [-0.2, -0.15) is 0 Å². The summed E-state index contributed by atoms with van der Waals surface area (Å²) in [7, 11) is 0.386. The second-order valence-electron chi connectivity index (χ2n) is 14.7. The summed E-state index contributed by atoms with van der Waals surface area (Å²) in [6, 6.07) is 48.6. The van der Waals surface area contributed by atoms with Gasteiger partial charge >= 0.3 is 0 Å². The van der Waals surface area contributed by atoms with Crippen LogP contribution in [0.15, 0.2) is 127 Å². The predicted octanol–water partition coefficient (Wildman–Crippen LogP) is 10.8. The highest BCUT2D eigenvalue weighted by molar-refractivity contribution is 7.02. The number of benzene rings is 7. The summed E-state index contributed by atoms with van der Waals surface area (Å²) < 4.78 is 0. The first-order chi connectivity index (χ1) is 22.7. The van der Waals surface area contributed by atoms with Crippen LogP contribution in [0, 0.1) is 6.92 Å². The number of aryl methyl sites for hydroxylation is 1. The van der Waals surface area contributed by atoms with Crippen LogP contribution in [0.4, 0.5) is 11.4 Å². The van der Waals surface area contributed by atoms with Crippen molar-refractivity contribution in [2.45, 2.75) is 39.3 Å². The predicted molar refractivity (Wildman–Crippen MR) is 206 cm³/mol. The molecule has 2 heteroatoms. The van der Waals surface area contributed by atoms with Gasteiger partial charge in [-0.25, -0.2) is 0 Å². The van der Waals surface area contributed by atoms with Crippen LogP contribution in [0.3, 0.4) is 0 Å². The van der Waals surface area contributed by atoms with E-state index in [1.54, 1.807) is 0 Å². The summed E-state index contributed by atoms with van der Waals surface area (Å²) in [5, 5.41) is 8.25. The monoisotopic (exact) mass is 621 g/mol. The van der Waals surface area contributed by atoms with E-state index in [-0.39, 0.29) is 5.41 Å². The highest BCUT2D eigenvalue weighted by Crippen LogP contribution is 2.51. The number of anilines is 2. The molecule has 0 atom stereocenters. The molecule has 0 aromatic heterocycles. The van der Waals surface area contributed by atoms with Crippen LogP contribution in [0.2, 0.25) is 13.1 Å². The fraction of sp³-hybridized carbons (Fsp3) is 0.156. The maximum atomic E-state index is 2.50. The van der Waals surface area contributed by atoms with Crippen molar-refractivity contribution >= 4 is 51.4 Å². The molecule has 228 valence electrons. The van der Waals surface area contributed by atoms with Gasteiger partial charge < -0.3 is 4.90 Å². The first kappa shape index (κ1) is 28.3. The molecule has 7 aromatic carbocycles. The van der Waals surface area contributed by atoms with Crippen molar-refractivity contribution in [2.24, 2.45) is 0 Å². The van der Waals surface area contributed by atoms with E-state index in [2.05, 4.69) is 173 Å². The number of nitrogens with zero attached hydrogens (tertiary/aromatic N) is 1. The Morgan fingerprint density at radius 3 is 1.91 bits per heavy atom. The molecule has 7 aromatic rings. The minimum Gasteiger partial charge on any atom is -0.345 e. The average Bonchev–Trinajstić information content (AvgIpc) is 3.31. The van der Waals surface area contributed by atoms with Crippen LogP contribution in [-0.2, 0) is 5.41 Å². The standard InChI is InChI=1S/C45H39NSi/c1-28-19-22-35-36(25-28)44(30-21-24-42-40(27-30)46(4)39-17-11-12-18-41(39)47(42,5)6)34-15-8-7-14-33(34)43(35)29-20-23-32-31-13-9-10-16-37(31)45(2,3)38(32)26-29/h7-27H,1-6H3. The van der Waals surface area contributed by atoms with Crippen molar-refractivity contribution in [3.05, 3.63) is 144 Å². The van der Waals surface area contributed by atoms with Gasteiger partial charge in [0.1, 0.15) is 8.07 Å². The van der Waals surface area contributed by atoms with Gasteiger partial charge in [-0.3, -0.25) is 0 Å². The molecular formula is C45H39NSi. The molecule has 2 aliphatic rings. The van der Waals surface area contributed by atoms with E-state index in [1.807, 2.05) is 0 Å².